The largest absolute Gasteiger partial charge is 0.493 e. The second kappa shape index (κ2) is 13.1. The quantitative estimate of drug-likeness (QED) is 0.265. The van der Waals surface area contributed by atoms with Gasteiger partial charge in [0.1, 0.15) is 5.82 Å². The van der Waals surface area contributed by atoms with Gasteiger partial charge in [-0.1, -0.05) is 6.07 Å². The van der Waals surface area contributed by atoms with Gasteiger partial charge in [-0.25, -0.2) is 4.39 Å². The number of pyridine rings is 2. The van der Waals surface area contributed by atoms with E-state index in [0.717, 1.165) is 11.5 Å². The number of carbonyl (C=O) groups excluding carboxylic acids is 2. The summed E-state index contributed by atoms with van der Waals surface area (Å²) in [5.74, 6) is -0.666. The van der Waals surface area contributed by atoms with Crippen molar-refractivity contribution in [1.29, 1.82) is 0 Å². The van der Waals surface area contributed by atoms with Crippen molar-refractivity contribution < 1.29 is 36.6 Å². The van der Waals surface area contributed by atoms with Crippen LogP contribution in [-0.2, 0) is 28.7 Å². The zero-order chi connectivity index (χ0) is 32.3. The van der Waals surface area contributed by atoms with Gasteiger partial charge >= 0.3 is 6.18 Å². The van der Waals surface area contributed by atoms with Crippen LogP contribution in [0.1, 0.15) is 23.6 Å². The van der Waals surface area contributed by atoms with Crippen LogP contribution in [0.15, 0.2) is 54.9 Å². The van der Waals surface area contributed by atoms with Crippen LogP contribution in [0.3, 0.4) is 0 Å². The third kappa shape index (κ3) is 7.31. The number of aromatic nitrogens is 2. The fourth-order valence-electron chi connectivity index (χ4n) is 5.24. The minimum absolute atomic E-state index is 0.103. The highest BCUT2D eigenvalue weighted by Gasteiger charge is 2.35. The molecular formula is C32H31F4N5O4. The number of anilines is 1. The van der Waals surface area contributed by atoms with Crippen molar-refractivity contribution in [3.05, 3.63) is 77.4 Å². The molecule has 236 valence electrons. The van der Waals surface area contributed by atoms with Crippen LogP contribution in [0.5, 0.6) is 11.5 Å². The molecule has 45 heavy (non-hydrogen) atoms. The Morgan fingerprint density at radius 2 is 1.64 bits per heavy atom. The molecule has 0 radical (unpaired) electrons. The summed E-state index contributed by atoms with van der Waals surface area (Å²) < 4.78 is 67.6. The van der Waals surface area contributed by atoms with Gasteiger partial charge in [0.2, 0.25) is 11.8 Å². The highest BCUT2D eigenvalue weighted by Crippen LogP contribution is 2.36. The van der Waals surface area contributed by atoms with E-state index >= 15 is 0 Å². The summed E-state index contributed by atoms with van der Waals surface area (Å²) in [6, 6.07) is 10.3. The zero-order valence-electron chi connectivity index (χ0n) is 24.9. The molecule has 0 atom stereocenters. The zero-order valence-corrected chi connectivity index (χ0v) is 24.9. The number of nitrogens with one attached hydrogen (secondary N) is 1. The van der Waals surface area contributed by atoms with Gasteiger partial charge in [0.05, 0.1) is 43.1 Å². The molecule has 2 aromatic carbocycles. The molecule has 1 saturated heterocycles. The second-order valence-corrected chi connectivity index (χ2v) is 10.7. The number of alkyl halides is 3. The maximum Gasteiger partial charge on any atom is 0.416 e. The van der Waals surface area contributed by atoms with Gasteiger partial charge in [-0.2, -0.15) is 13.2 Å². The van der Waals surface area contributed by atoms with Gasteiger partial charge in [0.25, 0.3) is 0 Å². The number of benzene rings is 2. The Morgan fingerprint density at radius 1 is 0.933 bits per heavy atom. The van der Waals surface area contributed by atoms with Crippen LogP contribution in [0.25, 0.3) is 22.2 Å². The number of piperazine rings is 1. The summed E-state index contributed by atoms with van der Waals surface area (Å²) in [6.07, 6.45) is -1.87. The van der Waals surface area contributed by atoms with Crippen molar-refractivity contribution in [2.24, 2.45) is 0 Å². The van der Waals surface area contributed by atoms with Crippen LogP contribution in [0.2, 0.25) is 0 Å². The maximum atomic E-state index is 15.0. The highest BCUT2D eigenvalue weighted by molar-refractivity contribution is 5.92. The van der Waals surface area contributed by atoms with Gasteiger partial charge in [0.15, 0.2) is 11.5 Å². The third-order valence-electron chi connectivity index (χ3n) is 7.66. The highest BCUT2D eigenvalue weighted by atomic mass is 19.4. The topological polar surface area (TPSA) is 96.9 Å². The van der Waals surface area contributed by atoms with E-state index in [2.05, 4.69) is 15.3 Å². The Morgan fingerprint density at radius 3 is 2.27 bits per heavy atom. The molecule has 0 saturated carbocycles. The van der Waals surface area contributed by atoms with Crippen molar-refractivity contribution in [3.8, 4) is 22.8 Å². The molecule has 0 spiro atoms. The Hall–Kier alpha value is -4.78. The summed E-state index contributed by atoms with van der Waals surface area (Å²) in [5, 5.41) is 3.08. The van der Waals surface area contributed by atoms with E-state index in [-0.39, 0.29) is 24.4 Å². The minimum atomic E-state index is -4.77. The minimum Gasteiger partial charge on any atom is -0.493 e. The Balaban J connectivity index is 1.27. The van der Waals surface area contributed by atoms with E-state index in [1.807, 2.05) is 6.07 Å². The lowest BCUT2D eigenvalue weighted by Crippen LogP contribution is -2.47. The first kappa shape index (κ1) is 31.6. The Labute approximate surface area is 256 Å². The van der Waals surface area contributed by atoms with Crippen LogP contribution >= 0.6 is 0 Å². The molecule has 2 aromatic heterocycles. The van der Waals surface area contributed by atoms with E-state index < -0.39 is 29.2 Å². The predicted molar refractivity (Wildman–Crippen MR) is 159 cm³/mol. The van der Waals surface area contributed by atoms with E-state index in [4.69, 9.17) is 9.47 Å². The van der Waals surface area contributed by atoms with Crippen LogP contribution in [-0.4, -0.2) is 72.0 Å². The van der Waals surface area contributed by atoms with Gasteiger partial charge in [-0.15, -0.1) is 0 Å². The van der Waals surface area contributed by atoms with Crippen molar-refractivity contribution >= 4 is 28.4 Å². The fraction of sp³-hybridized carbons (Fsp3) is 0.312. The number of nitrogens with zero attached hydrogens (tertiary/aromatic N) is 4. The maximum absolute atomic E-state index is 15.0. The SMILES string of the molecule is COc1cc2cc(-c3ccc(CC(=O)Nc4cc(C(F)(F)F)c(CN5CCN(C(C)=O)CC5)cc4F)cn3)cnc2cc1OC. The molecule has 4 aromatic rings. The molecular weight excluding hydrogens is 594 g/mol. The molecule has 0 unspecified atom stereocenters. The summed E-state index contributed by atoms with van der Waals surface area (Å²) >= 11 is 0. The van der Waals surface area contributed by atoms with Gasteiger partial charge in [0, 0.05) is 69.1 Å². The molecule has 0 bridgehead atoms. The lowest BCUT2D eigenvalue weighted by molar-refractivity contribution is -0.138. The number of hydrogen-bond acceptors (Lipinski definition) is 7. The van der Waals surface area contributed by atoms with Crippen LogP contribution in [0, 0.1) is 5.82 Å². The molecule has 2 amide bonds. The number of fused-ring (bicyclic) bond motifs is 1. The van der Waals surface area contributed by atoms with E-state index in [9.17, 15) is 27.2 Å². The first-order valence-electron chi connectivity index (χ1n) is 14.1. The van der Waals surface area contributed by atoms with E-state index in [0.29, 0.717) is 66.1 Å². The molecule has 3 heterocycles. The molecule has 1 aliphatic rings. The Bertz CT molecular complexity index is 1720. The number of hydrogen-bond donors (Lipinski definition) is 1. The smallest absolute Gasteiger partial charge is 0.416 e. The Kier molecular flexibility index (Phi) is 9.19. The molecule has 1 N–H and O–H groups in total. The average molecular weight is 626 g/mol. The normalized spacial score (nSPS) is 14.0. The molecule has 1 aliphatic heterocycles. The first-order valence-corrected chi connectivity index (χ1v) is 14.1. The van der Waals surface area contributed by atoms with Gasteiger partial charge in [-0.3, -0.25) is 24.5 Å². The lowest BCUT2D eigenvalue weighted by atomic mass is 10.0. The number of amides is 2. The molecule has 1 fully saturated rings. The molecule has 9 nitrogen and oxygen atoms in total. The summed E-state index contributed by atoms with van der Waals surface area (Å²) in [5.41, 5.74) is 0.654. The van der Waals surface area contributed by atoms with Crippen LogP contribution in [0.4, 0.5) is 23.2 Å². The number of methoxy groups -OCH3 is 2. The van der Waals surface area contributed by atoms with Crippen molar-refractivity contribution in [1.82, 2.24) is 19.8 Å². The molecule has 0 aliphatic carbocycles. The first-order chi connectivity index (χ1) is 21.4. The van der Waals surface area contributed by atoms with Crippen molar-refractivity contribution in [2.75, 3.05) is 45.7 Å². The summed E-state index contributed by atoms with van der Waals surface area (Å²) in [6.45, 7) is 2.79. The molecule has 13 heteroatoms. The van der Waals surface area contributed by atoms with Gasteiger partial charge in [-0.05, 0) is 41.5 Å². The lowest BCUT2D eigenvalue weighted by Gasteiger charge is -2.34. The second-order valence-electron chi connectivity index (χ2n) is 10.7. The summed E-state index contributed by atoms with van der Waals surface area (Å²) in [7, 11) is 3.08. The fourth-order valence-corrected chi connectivity index (χ4v) is 5.24. The number of carbonyl (C=O) groups is 2. The van der Waals surface area contributed by atoms with Crippen molar-refractivity contribution in [2.45, 2.75) is 26.1 Å². The van der Waals surface area contributed by atoms with E-state index in [1.54, 1.807) is 47.4 Å². The molecule has 5 rings (SSSR count). The van der Waals surface area contributed by atoms with E-state index in [1.165, 1.54) is 20.2 Å². The standard InChI is InChI=1S/C32H31F4N5O4/c1-19(42)41-8-6-40(7-9-41)18-23-12-25(33)28(14-24(23)32(34,35)36)39-31(43)10-20-4-5-26(37-16-20)22-11-21-13-29(44-2)30(45-3)15-27(21)38-17-22/h4-5,11-17H,6-10,18H2,1-3H3,(H,39,43). The number of halogens is 4. The van der Waals surface area contributed by atoms with Crippen molar-refractivity contribution in [3.63, 3.8) is 0 Å². The number of ether oxygens (including phenoxy) is 2. The predicted octanol–water partition coefficient (Wildman–Crippen LogP) is 5.32. The summed E-state index contributed by atoms with van der Waals surface area (Å²) in [4.78, 5) is 36.5. The third-order valence-corrected chi connectivity index (χ3v) is 7.66. The van der Waals surface area contributed by atoms with Crippen LogP contribution < -0.4 is 14.8 Å². The number of rotatable bonds is 8. The monoisotopic (exact) mass is 625 g/mol. The average Bonchev–Trinajstić information content (AvgIpc) is 3.01. The van der Waals surface area contributed by atoms with Gasteiger partial charge < -0.3 is 19.7 Å².